The Balaban J connectivity index is 1.68. The van der Waals surface area contributed by atoms with E-state index in [2.05, 4.69) is 47.8 Å². The number of nitrogens with one attached hydrogen (secondary N) is 1. The molecule has 0 saturated heterocycles. The van der Waals surface area contributed by atoms with Gasteiger partial charge >= 0.3 is 0 Å². The van der Waals surface area contributed by atoms with Crippen molar-refractivity contribution in [1.29, 1.82) is 0 Å². The van der Waals surface area contributed by atoms with Crippen molar-refractivity contribution in [3.8, 4) is 0 Å². The molecule has 1 fully saturated rings. The topological polar surface area (TPSA) is 12.0 Å². The summed E-state index contributed by atoms with van der Waals surface area (Å²) < 4.78 is 0. The molecule has 0 spiro atoms. The first kappa shape index (κ1) is 12.9. The summed E-state index contributed by atoms with van der Waals surface area (Å²) in [5.41, 5.74) is 1.53. The van der Waals surface area contributed by atoms with E-state index < -0.39 is 0 Å². The van der Waals surface area contributed by atoms with Gasteiger partial charge in [0.1, 0.15) is 0 Å². The van der Waals surface area contributed by atoms with Crippen LogP contribution < -0.4 is 5.32 Å². The minimum Gasteiger partial charge on any atom is -0.310 e. The summed E-state index contributed by atoms with van der Waals surface area (Å²) in [7, 11) is 0. The van der Waals surface area contributed by atoms with E-state index in [4.69, 9.17) is 0 Å². The van der Waals surface area contributed by atoms with Crippen molar-refractivity contribution in [2.75, 3.05) is 0 Å². The molecule has 2 aliphatic carbocycles. The first-order chi connectivity index (χ1) is 9.43. The first-order valence-electron chi connectivity index (χ1n) is 7.89. The zero-order chi connectivity index (χ0) is 12.9. The molecule has 1 nitrogen and oxygen atoms in total. The van der Waals surface area contributed by atoms with E-state index in [9.17, 15) is 0 Å². The van der Waals surface area contributed by atoms with Crippen LogP contribution in [0.15, 0.2) is 42.5 Å². The molecule has 0 radical (unpaired) electrons. The Bertz CT molecular complexity index is 409. The maximum absolute atomic E-state index is 3.96. The van der Waals surface area contributed by atoms with E-state index in [-0.39, 0.29) is 0 Å². The summed E-state index contributed by atoms with van der Waals surface area (Å²) >= 11 is 0. The van der Waals surface area contributed by atoms with E-state index >= 15 is 0 Å². The number of hydrogen-bond acceptors (Lipinski definition) is 1. The smallest absolute Gasteiger partial charge is 0.0138 e. The molecule has 2 aliphatic rings. The Morgan fingerprint density at radius 1 is 0.895 bits per heavy atom. The van der Waals surface area contributed by atoms with Gasteiger partial charge < -0.3 is 5.32 Å². The van der Waals surface area contributed by atoms with Crippen LogP contribution in [0.2, 0.25) is 0 Å². The van der Waals surface area contributed by atoms with Crippen molar-refractivity contribution >= 4 is 0 Å². The lowest BCUT2D eigenvalue weighted by molar-refractivity contribution is 0.290. The number of allylic oxidation sites excluding steroid dienone is 1. The quantitative estimate of drug-likeness (QED) is 0.789. The summed E-state index contributed by atoms with van der Waals surface area (Å²) in [5.74, 6) is 0.723. The summed E-state index contributed by atoms with van der Waals surface area (Å²) in [6.07, 6.45) is 13.9. The molecule has 102 valence electrons. The molecular formula is C18H25N. The molecule has 1 aromatic carbocycles. The molecule has 0 heterocycles. The van der Waals surface area contributed by atoms with Crippen molar-refractivity contribution in [2.45, 2.75) is 62.9 Å². The van der Waals surface area contributed by atoms with E-state index in [0.29, 0.717) is 12.1 Å². The lowest BCUT2D eigenvalue weighted by atomic mass is 9.79. The minimum atomic E-state index is 0.688. The van der Waals surface area contributed by atoms with Crippen LogP contribution in [0.4, 0.5) is 0 Å². The van der Waals surface area contributed by atoms with Gasteiger partial charge in [-0.1, -0.05) is 55.3 Å². The highest BCUT2D eigenvalue weighted by Gasteiger charge is 2.28. The molecule has 0 amide bonds. The lowest BCUT2D eigenvalue weighted by Crippen LogP contribution is -2.43. The minimum absolute atomic E-state index is 0.688. The van der Waals surface area contributed by atoms with Gasteiger partial charge in [0.2, 0.25) is 0 Å². The van der Waals surface area contributed by atoms with Crippen LogP contribution in [-0.4, -0.2) is 12.1 Å². The molecule has 1 N–H and O–H groups in total. The monoisotopic (exact) mass is 255 g/mol. The van der Waals surface area contributed by atoms with Crippen LogP contribution in [0, 0.1) is 0 Å². The maximum atomic E-state index is 3.96. The van der Waals surface area contributed by atoms with Crippen LogP contribution in [0.5, 0.6) is 0 Å². The van der Waals surface area contributed by atoms with Crippen LogP contribution in [-0.2, 0) is 0 Å². The molecule has 19 heavy (non-hydrogen) atoms. The largest absolute Gasteiger partial charge is 0.310 e. The van der Waals surface area contributed by atoms with Gasteiger partial charge in [-0.05, 0) is 43.6 Å². The van der Waals surface area contributed by atoms with Gasteiger partial charge in [-0.3, -0.25) is 0 Å². The molecule has 3 atom stereocenters. The van der Waals surface area contributed by atoms with E-state index in [1.54, 1.807) is 0 Å². The maximum Gasteiger partial charge on any atom is 0.0138 e. The van der Waals surface area contributed by atoms with Crippen molar-refractivity contribution in [1.82, 2.24) is 5.32 Å². The van der Waals surface area contributed by atoms with Crippen molar-refractivity contribution < 1.29 is 0 Å². The van der Waals surface area contributed by atoms with Gasteiger partial charge in [0.05, 0.1) is 0 Å². The van der Waals surface area contributed by atoms with Gasteiger partial charge in [-0.25, -0.2) is 0 Å². The van der Waals surface area contributed by atoms with Gasteiger partial charge in [0, 0.05) is 12.1 Å². The standard InChI is InChI=1S/C18H25N/c1-3-9-15(10-4-1)17-13-7-8-14-18(17)19-16-11-5-2-6-12-16/h1-5,9-10,16-19H,6-8,11-14H2. The fraction of sp³-hybridized carbons (Fsp3) is 0.556. The van der Waals surface area contributed by atoms with E-state index in [1.165, 1.54) is 50.5 Å². The second kappa shape index (κ2) is 6.38. The highest BCUT2D eigenvalue weighted by molar-refractivity contribution is 5.22. The number of benzene rings is 1. The fourth-order valence-corrected chi connectivity index (χ4v) is 3.68. The Labute approximate surface area is 117 Å². The SMILES string of the molecule is C1=CCC(NC2CCCCC2c2ccccc2)CC1. The Morgan fingerprint density at radius 2 is 1.74 bits per heavy atom. The molecule has 1 saturated carbocycles. The molecule has 1 aromatic rings. The highest BCUT2D eigenvalue weighted by atomic mass is 15.0. The Morgan fingerprint density at radius 3 is 2.53 bits per heavy atom. The predicted octanol–water partition coefficient (Wildman–Crippen LogP) is 4.41. The molecule has 3 rings (SSSR count). The Hall–Kier alpha value is -1.08. The van der Waals surface area contributed by atoms with Gasteiger partial charge in [0.15, 0.2) is 0 Å². The van der Waals surface area contributed by atoms with Crippen molar-refractivity contribution in [3.63, 3.8) is 0 Å². The van der Waals surface area contributed by atoms with Crippen LogP contribution in [0.25, 0.3) is 0 Å². The summed E-state index contributed by atoms with van der Waals surface area (Å²) in [6, 6.07) is 12.5. The number of rotatable bonds is 3. The second-order valence-corrected chi connectivity index (χ2v) is 6.06. The number of hydrogen-bond donors (Lipinski definition) is 1. The van der Waals surface area contributed by atoms with Crippen LogP contribution >= 0.6 is 0 Å². The van der Waals surface area contributed by atoms with Crippen molar-refractivity contribution in [3.05, 3.63) is 48.0 Å². The summed E-state index contributed by atoms with van der Waals surface area (Å²) in [6.45, 7) is 0. The Kier molecular flexibility index (Phi) is 4.34. The molecule has 0 bridgehead atoms. The average molecular weight is 255 g/mol. The molecule has 0 aromatic heterocycles. The molecule has 3 unspecified atom stereocenters. The predicted molar refractivity (Wildman–Crippen MR) is 81.4 cm³/mol. The van der Waals surface area contributed by atoms with Crippen LogP contribution in [0.3, 0.4) is 0 Å². The average Bonchev–Trinajstić information content (AvgIpc) is 2.50. The highest BCUT2D eigenvalue weighted by Crippen LogP contribution is 2.33. The molecular weight excluding hydrogens is 230 g/mol. The lowest BCUT2D eigenvalue weighted by Gasteiger charge is -2.36. The summed E-state index contributed by atoms with van der Waals surface area (Å²) in [5, 5.41) is 3.96. The zero-order valence-corrected chi connectivity index (χ0v) is 11.7. The second-order valence-electron chi connectivity index (χ2n) is 6.06. The van der Waals surface area contributed by atoms with E-state index in [1.807, 2.05) is 0 Å². The third kappa shape index (κ3) is 3.27. The third-order valence-electron chi connectivity index (χ3n) is 4.71. The van der Waals surface area contributed by atoms with Crippen molar-refractivity contribution in [2.24, 2.45) is 0 Å². The normalized spacial score (nSPS) is 31.3. The van der Waals surface area contributed by atoms with Crippen LogP contribution in [0.1, 0.15) is 56.4 Å². The van der Waals surface area contributed by atoms with Gasteiger partial charge in [-0.15, -0.1) is 0 Å². The molecule has 0 aliphatic heterocycles. The van der Waals surface area contributed by atoms with Gasteiger partial charge in [0.25, 0.3) is 0 Å². The van der Waals surface area contributed by atoms with Gasteiger partial charge in [-0.2, -0.15) is 0 Å². The van der Waals surface area contributed by atoms with E-state index in [0.717, 1.165) is 5.92 Å². The first-order valence-corrected chi connectivity index (χ1v) is 7.89. The zero-order valence-electron chi connectivity index (χ0n) is 11.7. The third-order valence-corrected chi connectivity index (χ3v) is 4.71. The fourth-order valence-electron chi connectivity index (χ4n) is 3.68. The summed E-state index contributed by atoms with van der Waals surface area (Å²) in [4.78, 5) is 0. The molecule has 1 heteroatoms.